The van der Waals surface area contributed by atoms with Crippen molar-refractivity contribution in [2.45, 2.75) is 37.8 Å². The van der Waals surface area contributed by atoms with Crippen molar-refractivity contribution in [3.8, 4) is 0 Å². The lowest BCUT2D eigenvalue weighted by molar-refractivity contribution is -0.162. The summed E-state index contributed by atoms with van der Waals surface area (Å²) in [6, 6.07) is 6.82. The molecule has 0 radical (unpaired) electrons. The summed E-state index contributed by atoms with van der Waals surface area (Å²) in [6.45, 7) is 0.699. The van der Waals surface area contributed by atoms with E-state index < -0.39 is 24.0 Å². The van der Waals surface area contributed by atoms with E-state index in [-0.39, 0.29) is 6.54 Å². The van der Waals surface area contributed by atoms with Gasteiger partial charge in [-0.25, -0.2) is 0 Å². The van der Waals surface area contributed by atoms with Crippen LogP contribution in [0.5, 0.6) is 0 Å². The smallest absolute Gasteiger partial charge is 0.399 e. The van der Waals surface area contributed by atoms with Gasteiger partial charge in [0.2, 0.25) is 5.91 Å². The SMILES string of the molecule is CCCN(CC(F)(F)F)C(=O)C1(c2ccc(N)cc2)CC1. The Hall–Kier alpha value is -1.72. The van der Waals surface area contributed by atoms with E-state index in [2.05, 4.69) is 0 Å². The van der Waals surface area contributed by atoms with E-state index >= 15 is 0 Å². The molecule has 0 unspecified atom stereocenters. The van der Waals surface area contributed by atoms with Crippen LogP contribution >= 0.6 is 0 Å². The number of benzene rings is 1. The molecule has 0 atom stereocenters. The maximum atomic E-state index is 12.6. The highest BCUT2D eigenvalue weighted by Gasteiger charge is 2.53. The van der Waals surface area contributed by atoms with Crippen LogP contribution in [-0.2, 0) is 10.2 Å². The number of carbonyl (C=O) groups excluding carboxylic acids is 1. The number of alkyl halides is 3. The van der Waals surface area contributed by atoms with Crippen LogP contribution in [0.4, 0.5) is 18.9 Å². The van der Waals surface area contributed by atoms with E-state index in [1.54, 1.807) is 31.2 Å². The van der Waals surface area contributed by atoms with Gasteiger partial charge < -0.3 is 10.6 Å². The molecule has 2 rings (SSSR count). The van der Waals surface area contributed by atoms with Crippen molar-refractivity contribution in [2.75, 3.05) is 18.8 Å². The number of nitrogens with two attached hydrogens (primary N) is 1. The minimum atomic E-state index is -4.37. The number of nitrogens with zero attached hydrogens (tertiary/aromatic N) is 1. The maximum Gasteiger partial charge on any atom is 0.406 e. The molecule has 1 aromatic rings. The fourth-order valence-corrected chi connectivity index (χ4v) is 2.59. The van der Waals surface area contributed by atoms with Gasteiger partial charge in [0.15, 0.2) is 0 Å². The summed E-state index contributed by atoms with van der Waals surface area (Å²) < 4.78 is 37.9. The van der Waals surface area contributed by atoms with E-state index in [1.807, 2.05) is 0 Å². The van der Waals surface area contributed by atoms with E-state index in [9.17, 15) is 18.0 Å². The first kappa shape index (κ1) is 15.7. The molecule has 1 saturated carbocycles. The topological polar surface area (TPSA) is 46.3 Å². The minimum absolute atomic E-state index is 0.120. The third-order valence-electron chi connectivity index (χ3n) is 3.77. The van der Waals surface area contributed by atoms with Crippen LogP contribution < -0.4 is 5.73 Å². The standard InChI is InChI=1S/C15H19F3N2O/c1-2-9-20(10-15(16,17)18)13(21)14(7-8-14)11-3-5-12(19)6-4-11/h3-6H,2,7-10,19H2,1H3. The van der Waals surface area contributed by atoms with E-state index in [4.69, 9.17) is 5.73 Å². The summed E-state index contributed by atoms with van der Waals surface area (Å²) in [5.74, 6) is -0.425. The number of hydrogen-bond acceptors (Lipinski definition) is 2. The highest BCUT2D eigenvalue weighted by atomic mass is 19.4. The van der Waals surface area contributed by atoms with Gasteiger partial charge in [-0.05, 0) is 37.0 Å². The number of carbonyl (C=O) groups is 1. The molecular weight excluding hydrogens is 281 g/mol. The Bertz CT molecular complexity index is 507. The summed E-state index contributed by atoms with van der Waals surface area (Å²) in [7, 11) is 0. The molecule has 0 heterocycles. The first-order valence-electron chi connectivity index (χ1n) is 7.00. The Morgan fingerprint density at radius 1 is 1.29 bits per heavy atom. The van der Waals surface area contributed by atoms with Crippen molar-refractivity contribution in [2.24, 2.45) is 0 Å². The molecule has 6 heteroatoms. The molecule has 2 N–H and O–H groups in total. The van der Waals surface area contributed by atoms with Gasteiger partial charge >= 0.3 is 6.18 Å². The van der Waals surface area contributed by atoms with Gasteiger partial charge in [-0.15, -0.1) is 0 Å². The number of rotatable bonds is 5. The molecule has 21 heavy (non-hydrogen) atoms. The Balaban J connectivity index is 2.21. The Labute approximate surface area is 121 Å². The van der Waals surface area contributed by atoms with Gasteiger partial charge in [0.1, 0.15) is 6.54 Å². The van der Waals surface area contributed by atoms with Crippen molar-refractivity contribution in [3.05, 3.63) is 29.8 Å². The van der Waals surface area contributed by atoms with Crippen LogP contribution in [0, 0.1) is 0 Å². The van der Waals surface area contributed by atoms with E-state index in [0.29, 0.717) is 24.9 Å². The van der Waals surface area contributed by atoms with Crippen LogP contribution in [-0.4, -0.2) is 30.1 Å². The maximum absolute atomic E-state index is 12.6. The number of hydrogen-bond donors (Lipinski definition) is 1. The first-order valence-corrected chi connectivity index (χ1v) is 7.00. The highest BCUT2D eigenvalue weighted by molar-refractivity contribution is 5.91. The molecule has 0 spiro atoms. The van der Waals surface area contributed by atoms with Gasteiger partial charge in [0, 0.05) is 12.2 Å². The minimum Gasteiger partial charge on any atom is -0.399 e. The quantitative estimate of drug-likeness (QED) is 0.849. The van der Waals surface area contributed by atoms with Crippen molar-refractivity contribution < 1.29 is 18.0 Å². The molecule has 0 aliphatic heterocycles. The molecule has 0 aromatic heterocycles. The molecule has 0 saturated heterocycles. The van der Waals surface area contributed by atoms with Crippen LogP contribution in [0.2, 0.25) is 0 Å². The Morgan fingerprint density at radius 2 is 1.86 bits per heavy atom. The van der Waals surface area contributed by atoms with E-state index in [1.165, 1.54) is 0 Å². The average molecular weight is 300 g/mol. The van der Waals surface area contributed by atoms with Crippen LogP contribution in [0.15, 0.2) is 24.3 Å². The fraction of sp³-hybridized carbons (Fsp3) is 0.533. The molecule has 1 aliphatic carbocycles. The molecule has 0 bridgehead atoms. The van der Waals surface area contributed by atoms with Gasteiger partial charge in [-0.3, -0.25) is 4.79 Å². The van der Waals surface area contributed by atoms with Crippen molar-refractivity contribution in [3.63, 3.8) is 0 Å². The fourth-order valence-electron chi connectivity index (χ4n) is 2.59. The summed E-state index contributed by atoms with van der Waals surface area (Å²) in [6.07, 6.45) is -2.69. The highest BCUT2D eigenvalue weighted by Crippen LogP contribution is 2.50. The van der Waals surface area contributed by atoms with E-state index in [0.717, 1.165) is 10.5 Å². The predicted molar refractivity (Wildman–Crippen MR) is 74.7 cm³/mol. The van der Waals surface area contributed by atoms with Gasteiger partial charge in [-0.1, -0.05) is 19.1 Å². The summed E-state index contributed by atoms with van der Waals surface area (Å²) in [5, 5.41) is 0. The van der Waals surface area contributed by atoms with Gasteiger partial charge in [-0.2, -0.15) is 13.2 Å². The second kappa shape index (κ2) is 5.58. The molecule has 1 aromatic carbocycles. The van der Waals surface area contributed by atoms with Crippen molar-refractivity contribution >= 4 is 11.6 Å². The van der Waals surface area contributed by atoms with Crippen molar-refractivity contribution in [1.82, 2.24) is 4.90 Å². The molecule has 1 aliphatic rings. The first-order chi connectivity index (χ1) is 9.78. The molecule has 1 fully saturated rings. The van der Waals surface area contributed by atoms with Gasteiger partial charge in [0.25, 0.3) is 0 Å². The largest absolute Gasteiger partial charge is 0.406 e. The summed E-state index contributed by atoms with van der Waals surface area (Å²) in [4.78, 5) is 13.5. The average Bonchev–Trinajstić information content (AvgIpc) is 3.18. The molecular formula is C15H19F3N2O. The normalized spacial score (nSPS) is 16.6. The summed E-state index contributed by atoms with van der Waals surface area (Å²) in [5.41, 5.74) is 6.16. The zero-order valence-electron chi connectivity index (χ0n) is 11.9. The Kier molecular flexibility index (Phi) is 4.16. The molecule has 116 valence electrons. The number of halogens is 3. The number of amides is 1. The second-order valence-electron chi connectivity index (χ2n) is 5.55. The lowest BCUT2D eigenvalue weighted by Gasteiger charge is -2.28. The predicted octanol–water partition coefficient (Wildman–Crippen LogP) is 3.10. The van der Waals surface area contributed by atoms with Crippen LogP contribution in [0.3, 0.4) is 0 Å². The molecule has 3 nitrogen and oxygen atoms in total. The summed E-state index contributed by atoms with van der Waals surface area (Å²) >= 11 is 0. The molecule has 1 amide bonds. The van der Waals surface area contributed by atoms with Gasteiger partial charge in [0.05, 0.1) is 5.41 Å². The Morgan fingerprint density at radius 3 is 2.29 bits per heavy atom. The third kappa shape index (κ3) is 3.49. The lowest BCUT2D eigenvalue weighted by Crippen LogP contribution is -2.44. The lowest BCUT2D eigenvalue weighted by atomic mass is 9.94. The number of anilines is 1. The zero-order chi connectivity index (χ0) is 15.7. The van der Waals surface area contributed by atoms with Crippen molar-refractivity contribution in [1.29, 1.82) is 0 Å². The monoisotopic (exact) mass is 300 g/mol. The zero-order valence-corrected chi connectivity index (χ0v) is 11.9. The van der Waals surface area contributed by atoms with Crippen LogP contribution in [0.25, 0.3) is 0 Å². The second-order valence-corrected chi connectivity index (χ2v) is 5.55. The van der Waals surface area contributed by atoms with Crippen LogP contribution in [0.1, 0.15) is 31.7 Å². The third-order valence-corrected chi connectivity index (χ3v) is 3.77. The number of nitrogen functional groups attached to an aromatic ring is 1.